The molecule has 0 fully saturated rings. The van der Waals surface area contributed by atoms with Crippen molar-refractivity contribution in [2.75, 3.05) is 11.9 Å². The molecule has 2 unspecified atom stereocenters. The maximum atomic E-state index is 13.9. The number of anilines is 1. The first-order chi connectivity index (χ1) is 17.2. The van der Waals surface area contributed by atoms with Gasteiger partial charge in [0.05, 0.1) is 10.7 Å². The molecule has 0 radical (unpaired) electrons. The second-order valence-corrected chi connectivity index (χ2v) is 10.5. The molecule has 37 heavy (non-hydrogen) atoms. The molecule has 200 valence electrons. The van der Waals surface area contributed by atoms with Crippen LogP contribution in [0.15, 0.2) is 55.1 Å². The Morgan fingerprint density at radius 3 is 2.35 bits per heavy atom. The SMILES string of the molecule is C=CCN(C(=O)C(NC(=O)OC(C)(C)C)C(C)C)C(C(=O)Nc1c(C)cccc1Cl)c1cccc(O)c1. The molecule has 8 nitrogen and oxygen atoms in total. The van der Waals surface area contributed by atoms with E-state index in [0.717, 1.165) is 5.56 Å². The fraction of sp³-hybridized carbons (Fsp3) is 0.393. The first kappa shape index (κ1) is 29.7. The third-order valence-electron chi connectivity index (χ3n) is 5.43. The van der Waals surface area contributed by atoms with Crippen molar-refractivity contribution < 1.29 is 24.2 Å². The van der Waals surface area contributed by atoms with Gasteiger partial charge in [-0.25, -0.2) is 4.79 Å². The number of rotatable bonds is 9. The Morgan fingerprint density at radius 1 is 1.16 bits per heavy atom. The highest BCUT2D eigenvalue weighted by Gasteiger charge is 2.37. The molecule has 0 spiro atoms. The minimum Gasteiger partial charge on any atom is -0.508 e. The monoisotopic (exact) mass is 529 g/mol. The summed E-state index contributed by atoms with van der Waals surface area (Å²) in [4.78, 5) is 41.5. The Hall–Kier alpha value is -3.52. The van der Waals surface area contributed by atoms with E-state index in [-0.39, 0.29) is 18.2 Å². The zero-order chi connectivity index (χ0) is 27.9. The molecular weight excluding hydrogens is 494 g/mol. The molecule has 3 amide bonds. The van der Waals surface area contributed by atoms with Crippen molar-refractivity contribution in [2.24, 2.45) is 5.92 Å². The van der Waals surface area contributed by atoms with Gasteiger partial charge in [0.15, 0.2) is 0 Å². The lowest BCUT2D eigenvalue weighted by Crippen LogP contribution is -2.54. The number of nitrogens with one attached hydrogen (secondary N) is 2. The van der Waals surface area contributed by atoms with Crippen LogP contribution in [-0.2, 0) is 14.3 Å². The number of phenolic OH excluding ortho intramolecular Hbond substituents is 1. The standard InChI is InChI=1S/C28H36ClN3O5/c1-8-15-32(26(35)22(17(2)3)31-27(36)37-28(5,6)7)24(19-12-10-13-20(33)16-19)25(34)30-23-18(4)11-9-14-21(23)29/h8-14,16-17,22,24,33H,1,15H2,2-7H3,(H,30,34)(H,31,36). The van der Waals surface area contributed by atoms with Gasteiger partial charge in [0.25, 0.3) is 5.91 Å². The van der Waals surface area contributed by atoms with Gasteiger partial charge in [-0.15, -0.1) is 6.58 Å². The number of halogens is 1. The Morgan fingerprint density at radius 2 is 1.81 bits per heavy atom. The van der Waals surface area contributed by atoms with Crippen LogP contribution < -0.4 is 10.6 Å². The summed E-state index contributed by atoms with van der Waals surface area (Å²) < 4.78 is 5.35. The molecule has 3 N–H and O–H groups in total. The zero-order valence-corrected chi connectivity index (χ0v) is 22.9. The molecule has 0 saturated carbocycles. The molecule has 0 aromatic heterocycles. The highest BCUT2D eigenvalue weighted by molar-refractivity contribution is 6.34. The summed E-state index contributed by atoms with van der Waals surface area (Å²) in [5.41, 5.74) is 0.769. The number of hydrogen-bond acceptors (Lipinski definition) is 5. The fourth-order valence-corrected chi connectivity index (χ4v) is 4.01. The summed E-state index contributed by atoms with van der Waals surface area (Å²) in [5, 5.41) is 16.0. The predicted molar refractivity (Wildman–Crippen MR) is 146 cm³/mol. The van der Waals surface area contributed by atoms with Gasteiger partial charge in [-0.3, -0.25) is 9.59 Å². The van der Waals surface area contributed by atoms with Gasteiger partial charge in [-0.05, 0) is 62.9 Å². The third kappa shape index (κ3) is 8.25. The minimum absolute atomic E-state index is 0.00665. The van der Waals surface area contributed by atoms with E-state index in [1.807, 2.05) is 0 Å². The number of alkyl carbamates (subject to hydrolysis) is 1. The molecule has 2 rings (SSSR count). The van der Waals surface area contributed by atoms with Crippen LogP contribution in [-0.4, -0.2) is 46.1 Å². The van der Waals surface area contributed by atoms with Crippen molar-refractivity contribution in [1.29, 1.82) is 0 Å². The molecular formula is C28H36ClN3O5. The topological polar surface area (TPSA) is 108 Å². The maximum Gasteiger partial charge on any atom is 0.408 e. The number of amides is 3. The van der Waals surface area contributed by atoms with Crippen LogP contribution in [0.5, 0.6) is 5.75 Å². The van der Waals surface area contributed by atoms with E-state index < -0.39 is 35.6 Å². The molecule has 2 aromatic carbocycles. The molecule has 9 heteroatoms. The summed E-state index contributed by atoms with van der Waals surface area (Å²) in [7, 11) is 0. The lowest BCUT2D eigenvalue weighted by molar-refractivity contribution is -0.141. The third-order valence-corrected chi connectivity index (χ3v) is 5.74. The van der Waals surface area contributed by atoms with Crippen molar-refractivity contribution in [1.82, 2.24) is 10.2 Å². The number of aromatic hydroxyl groups is 1. The highest BCUT2D eigenvalue weighted by atomic mass is 35.5. The van der Waals surface area contributed by atoms with E-state index in [2.05, 4.69) is 17.2 Å². The molecule has 2 atom stereocenters. The van der Waals surface area contributed by atoms with Crippen molar-refractivity contribution in [3.05, 3.63) is 71.3 Å². The van der Waals surface area contributed by atoms with E-state index in [1.165, 1.54) is 23.1 Å². The van der Waals surface area contributed by atoms with Gasteiger partial charge in [-0.1, -0.05) is 55.8 Å². The van der Waals surface area contributed by atoms with Crippen LogP contribution in [0, 0.1) is 12.8 Å². The summed E-state index contributed by atoms with van der Waals surface area (Å²) in [6.45, 7) is 14.3. The Labute approximate surface area is 223 Å². The zero-order valence-electron chi connectivity index (χ0n) is 22.2. The summed E-state index contributed by atoms with van der Waals surface area (Å²) in [5.74, 6) is -1.45. The molecule has 0 heterocycles. The van der Waals surface area contributed by atoms with Gasteiger partial charge in [0, 0.05) is 6.54 Å². The number of carbonyl (C=O) groups excluding carboxylic acids is 3. The van der Waals surface area contributed by atoms with E-state index in [9.17, 15) is 19.5 Å². The Balaban J connectivity index is 2.54. The van der Waals surface area contributed by atoms with Crippen LogP contribution in [0.2, 0.25) is 5.02 Å². The summed E-state index contributed by atoms with van der Waals surface area (Å²) >= 11 is 6.34. The molecule has 0 bridgehead atoms. The largest absolute Gasteiger partial charge is 0.508 e. The van der Waals surface area contributed by atoms with Crippen molar-refractivity contribution in [3.63, 3.8) is 0 Å². The molecule has 0 aliphatic heterocycles. The van der Waals surface area contributed by atoms with Crippen LogP contribution in [0.25, 0.3) is 0 Å². The molecule has 0 aliphatic rings. The second kappa shape index (κ2) is 12.6. The minimum atomic E-state index is -1.17. The summed E-state index contributed by atoms with van der Waals surface area (Å²) in [6.07, 6.45) is 0.746. The van der Waals surface area contributed by atoms with Crippen LogP contribution in [0.4, 0.5) is 10.5 Å². The van der Waals surface area contributed by atoms with Gasteiger partial charge < -0.3 is 25.4 Å². The molecule has 0 saturated heterocycles. The van der Waals surface area contributed by atoms with Crippen LogP contribution in [0.1, 0.15) is 51.8 Å². The molecule has 2 aromatic rings. The number of phenols is 1. The van der Waals surface area contributed by atoms with Gasteiger partial charge in [0.2, 0.25) is 5.91 Å². The average molecular weight is 530 g/mol. The highest BCUT2D eigenvalue weighted by Crippen LogP contribution is 2.30. The Kier molecular flexibility index (Phi) is 10.1. The maximum absolute atomic E-state index is 13.9. The number of benzene rings is 2. The first-order valence-corrected chi connectivity index (χ1v) is 12.4. The number of nitrogens with zero attached hydrogens (tertiary/aromatic N) is 1. The van der Waals surface area contributed by atoms with Crippen molar-refractivity contribution >= 4 is 35.2 Å². The quantitative estimate of drug-likeness (QED) is 0.366. The van der Waals surface area contributed by atoms with Gasteiger partial charge in [-0.2, -0.15) is 0 Å². The van der Waals surface area contributed by atoms with E-state index >= 15 is 0 Å². The predicted octanol–water partition coefficient (Wildman–Crippen LogP) is 5.60. The average Bonchev–Trinajstić information content (AvgIpc) is 2.78. The normalized spacial score (nSPS) is 12.9. The summed E-state index contributed by atoms with van der Waals surface area (Å²) in [6, 6.07) is 9.16. The van der Waals surface area contributed by atoms with E-state index in [1.54, 1.807) is 71.9 Å². The van der Waals surface area contributed by atoms with E-state index in [4.69, 9.17) is 16.3 Å². The smallest absolute Gasteiger partial charge is 0.408 e. The first-order valence-electron chi connectivity index (χ1n) is 12.0. The fourth-order valence-electron chi connectivity index (χ4n) is 3.74. The van der Waals surface area contributed by atoms with Gasteiger partial charge >= 0.3 is 6.09 Å². The molecule has 0 aliphatic carbocycles. The number of ether oxygens (including phenoxy) is 1. The number of carbonyl (C=O) groups is 3. The number of para-hydroxylation sites is 1. The Bertz CT molecular complexity index is 1120. The van der Waals surface area contributed by atoms with Crippen molar-refractivity contribution in [3.8, 4) is 5.75 Å². The second-order valence-electron chi connectivity index (χ2n) is 10.1. The number of hydrogen-bond donors (Lipinski definition) is 3. The van der Waals surface area contributed by atoms with Crippen molar-refractivity contribution in [2.45, 2.75) is 59.2 Å². The van der Waals surface area contributed by atoms with Crippen LogP contribution in [0.3, 0.4) is 0 Å². The van der Waals surface area contributed by atoms with Crippen LogP contribution >= 0.6 is 11.6 Å². The number of aryl methyl sites for hydroxylation is 1. The van der Waals surface area contributed by atoms with Gasteiger partial charge in [0.1, 0.15) is 23.4 Å². The lowest BCUT2D eigenvalue weighted by atomic mass is 9.98. The van der Waals surface area contributed by atoms with E-state index in [0.29, 0.717) is 16.3 Å². The lowest BCUT2D eigenvalue weighted by Gasteiger charge is -2.35.